The van der Waals surface area contributed by atoms with Crippen LogP contribution in [0.15, 0.2) is 11.4 Å². The average Bonchev–Trinajstić information content (AvgIpc) is 2.93. The molecule has 1 saturated heterocycles. The lowest BCUT2D eigenvalue weighted by Crippen LogP contribution is -2.48. The third kappa shape index (κ3) is 1.99. The first-order valence-electron chi connectivity index (χ1n) is 5.91. The van der Waals surface area contributed by atoms with Crippen molar-refractivity contribution in [1.29, 1.82) is 0 Å². The molecule has 0 bridgehead atoms. The molecule has 0 spiro atoms. The summed E-state index contributed by atoms with van der Waals surface area (Å²) in [7, 11) is 0. The second-order valence-electron chi connectivity index (χ2n) is 4.71. The second-order valence-corrected chi connectivity index (χ2v) is 5.63. The highest BCUT2D eigenvalue weighted by atomic mass is 32.1. The molecule has 16 heavy (non-hydrogen) atoms. The summed E-state index contributed by atoms with van der Waals surface area (Å²) in [5.41, 5.74) is 1.27. The van der Waals surface area contributed by atoms with Crippen molar-refractivity contribution < 1.29 is 4.79 Å². The molecule has 0 unspecified atom stereocenters. The van der Waals surface area contributed by atoms with Gasteiger partial charge in [-0.2, -0.15) is 0 Å². The van der Waals surface area contributed by atoms with Crippen LogP contribution < -0.4 is 10.6 Å². The van der Waals surface area contributed by atoms with Gasteiger partial charge in [0.05, 0.1) is 4.88 Å². The van der Waals surface area contributed by atoms with Crippen LogP contribution in [0.2, 0.25) is 0 Å². The van der Waals surface area contributed by atoms with Crippen molar-refractivity contribution in [2.75, 3.05) is 19.6 Å². The van der Waals surface area contributed by atoms with E-state index >= 15 is 0 Å². The van der Waals surface area contributed by atoms with Gasteiger partial charge in [0, 0.05) is 25.6 Å². The van der Waals surface area contributed by atoms with E-state index in [1.54, 1.807) is 11.3 Å². The summed E-state index contributed by atoms with van der Waals surface area (Å²) in [6.07, 6.45) is 2.51. The first-order chi connectivity index (χ1) is 7.84. The summed E-state index contributed by atoms with van der Waals surface area (Å²) in [5, 5.41) is 8.29. The molecule has 3 nitrogen and oxygen atoms in total. The normalized spacial score (nSPS) is 20.5. The summed E-state index contributed by atoms with van der Waals surface area (Å²) < 4.78 is 0. The zero-order valence-electron chi connectivity index (χ0n) is 9.16. The predicted octanol–water partition coefficient (Wildman–Crippen LogP) is 1.57. The van der Waals surface area contributed by atoms with Crippen LogP contribution >= 0.6 is 11.3 Å². The average molecular weight is 236 g/mol. The van der Waals surface area contributed by atoms with Gasteiger partial charge < -0.3 is 10.6 Å². The van der Waals surface area contributed by atoms with Gasteiger partial charge in [-0.25, -0.2) is 0 Å². The smallest absolute Gasteiger partial charge is 0.261 e. The van der Waals surface area contributed by atoms with Crippen LogP contribution in [0.4, 0.5) is 0 Å². The molecular weight excluding hydrogens is 220 g/mol. The van der Waals surface area contributed by atoms with Gasteiger partial charge in [-0.1, -0.05) is 0 Å². The van der Waals surface area contributed by atoms with Gasteiger partial charge in [0.15, 0.2) is 0 Å². The molecule has 2 N–H and O–H groups in total. The lowest BCUT2D eigenvalue weighted by atomic mass is 10.0. The number of nitrogens with one attached hydrogen (secondary N) is 2. The summed E-state index contributed by atoms with van der Waals surface area (Å²) >= 11 is 1.58. The molecule has 1 aromatic heterocycles. The summed E-state index contributed by atoms with van der Waals surface area (Å²) in [5.74, 6) is 1.43. The Labute approximate surface area is 99.2 Å². The van der Waals surface area contributed by atoms with E-state index in [1.165, 1.54) is 18.4 Å². The lowest BCUT2D eigenvalue weighted by Gasteiger charge is -2.27. The van der Waals surface area contributed by atoms with Crippen molar-refractivity contribution in [3.8, 4) is 0 Å². The molecule has 86 valence electrons. The Morgan fingerprint density at radius 2 is 2.31 bits per heavy atom. The molecule has 1 amide bonds. The molecule has 2 fully saturated rings. The minimum absolute atomic E-state index is 0.129. The summed E-state index contributed by atoms with van der Waals surface area (Å²) in [6, 6.07) is 2.11. The summed E-state index contributed by atoms with van der Waals surface area (Å²) in [6.45, 7) is 2.90. The van der Waals surface area contributed by atoms with Crippen LogP contribution in [0.5, 0.6) is 0 Å². The van der Waals surface area contributed by atoms with Crippen molar-refractivity contribution in [1.82, 2.24) is 10.6 Å². The Hall–Kier alpha value is -0.870. The van der Waals surface area contributed by atoms with Gasteiger partial charge >= 0.3 is 0 Å². The van der Waals surface area contributed by atoms with Crippen molar-refractivity contribution in [3.05, 3.63) is 21.9 Å². The van der Waals surface area contributed by atoms with E-state index in [0.717, 1.165) is 24.5 Å². The van der Waals surface area contributed by atoms with Crippen molar-refractivity contribution in [3.63, 3.8) is 0 Å². The number of rotatable bonds is 4. The minimum atomic E-state index is 0.129. The number of amides is 1. The van der Waals surface area contributed by atoms with Gasteiger partial charge in [0.2, 0.25) is 0 Å². The molecule has 0 atom stereocenters. The van der Waals surface area contributed by atoms with Gasteiger partial charge in [-0.3, -0.25) is 4.79 Å². The molecule has 1 aliphatic carbocycles. The fraction of sp³-hybridized carbons (Fsp3) is 0.583. The molecule has 0 radical (unpaired) electrons. The molecule has 2 heterocycles. The van der Waals surface area contributed by atoms with Crippen LogP contribution in [0, 0.1) is 5.92 Å². The Morgan fingerprint density at radius 1 is 1.50 bits per heavy atom. The molecular formula is C12H16N2OS. The number of thiophene rings is 1. The van der Waals surface area contributed by atoms with Crippen LogP contribution in [0.25, 0.3) is 0 Å². The highest BCUT2D eigenvalue weighted by Gasteiger charge is 2.29. The number of carbonyl (C=O) groups excluding carboxylic acids is 1. The Balaban J connectivity index is 1.61. The minimum Gasteiger partial charge on any atom is -0.351 e. The monoisotopic (exact) mass is 236 g/mol. The molecule has 2 aliphatic rings. The standard InChI is InChI=1S/C12H16N2OS/c15-12(14-7-8-5-13-6-8)11-10(3-4-16-11)9-1-2-9/h3-4,8-9,13H,1-2,5-7H2,(H,14,15). The third-order valence-corrected chi connectivity index (χ3v) is 4.27. The first-order valence-corrected chi connectivity index (χ1v) is 6.79. The fourth-order valence-electron chi connectivity index (χ4n) is 2.03. The van der Waals surface area contributed by atoms with Gasteiger partial charge in [-0.05, 0) is 35.8 Å². The summed E-state index contributed by atoms with van der Waals surface area (Å²) in [4.78, 5) is 12.9. The molecule has 1 saturated carbocycles. The molecule has 1 aromatic rings. The van der Waals surface area contributed by atoms with Crippen LogP contribution in [-0.2, 0) is 0 Å². The Kier molecular flexibility index (Phi) is 2.69. The number of hydrogen-bond acceptors (Lipinski definition) is 3. The van der Waals surface area contributed by atoms with E-state index in [1.807, 2.05) is 5.38 Å². The van der Waals surface area contributed by atoms with Crippen LogP contribution in [-0.4, -0.2) is 25.5 Å². The van der Waals surface area contributed by atoms with E-state index in [0.29, 0.717) is 11.8 Å². The van der Waals surface area contributed by atoms with E-state index in [-0.39, 0.29) is 5.91 Å². The van der Waals surface area contributed by atoms with Crippen molar-refractivity contribution in [2.45, 2.75) is 18.8 Å². The lowest BCUT2D eigenvalue weighted by molar-refractivity contribution is 0.0945. The van der Waals surface area contributed by atoms with Gasteiger partial charge in [-0.15, -0.1) is 11.3 Å². The highest BCUT2D eigenvalue weighted by Crippen LogP contribution is 2.43. The first kappa shape index (κ1) is 10.3. The van der Waals surface area contributed by atoms with Crippen LogP contribution in [0.3, 0.4) is 0 Å². The maximum atomic E-state index is 12.0. The zero-order chi connectivity index (χ0) is 11.0. The zero-order valence-corrected chi connectivity index (χ0v) is 9.98. The molecule has 0 aromatic carbocycles. The molecule has 1 aliphatic heterocycles. The topological polar surface area (TPSA) is 41.1 Å². The Bertz CT molecular complexity index is 393. The quantitative estimate of drug-likeness (QED) is 0.833. The third-order valence-electron chi connectivity index (χ3n) is 3.34. The highest BCUT2D eigenvalue weighted by molar-refractivity contribution is 7.12. The SMILES string of the molecule is O=C(NCC1CNC1)c1sccc1C1CC1. The van der Waals surface area contributed by atoms with E-state index in [9.17, 15) is 4.79 Å². The maximum absolute atomic E-state index is 12.0. The maximum Gasteiger partial charge on any atom is 0.261 e. The second kappa shape index (κ2) is 4.18. The van der Waals surface area contributed by atoms with E-state index in [4.69, 9.17) is 0 Å². The molecule has 4 heteroatoms. The van der Waals surface area contributed by atoms with Gasteiger partial charge in [0.1, 0.15) is 0 Å². The van der Waals surface area contributed by atoms with Crippen molar-refractivity contribution in [2.24, 2.45) is 5.92 Å². The van der Waals surface area contributed by atoms with E-state index in [2.05, 4.69) is 16.7 Å². The number of carbonyl (C=O) groups is 1. The fourth-order valence-corrected chi connectivity index (χ4v) is 2.93. The number of hydrogen-bond donors (Lipinski definition) is 2. The molecule has 3 rings (SSSR count). The predicted molar refractivity (Wildman–Crippen MR) is 65.0 cm³/mol. The van der Waals surface area contributed by atoms with E-state index < -0.39 is 0 Å². The van der Waals surface area contributed by atoms with Crippen molar-refractivity contribution >= 4 is 17.2 Å². The Morgan fingerprint density at radius 3 is 2.94 bits per heavy atom. The largest absolute Gasteiger partial charge is 0.351 e. The van der Waals surface area contributed by atoms with Gasteiger partial charge in [0.25, 0.3) is 5.91 Å². The van der Waals surface area contributed by atoms with Crippen LogP contribution in [0.1, 0.15) is 34.0 Å².